The molecule has 250 valence electrons. The average Bonchev–Trinajstić information content (AvgIpc) is 2.99. The maximum absolute atomic E-state index is 13.8. The molecule has 11 heteroatoms. The topological polar surface area (TPSA) is 160 Å². The number of ether oxygens (including phenoxy) is 3. The molecule has 0 radical (unpaired) electrons. The highest BCUT2D eigenvalue weighted by molar-refractivity contribution is 6.00. The molecular formula is C33H53NO10. The number of hydrogen-bond acceptors (Lipinski definition) is 11. The maximum atomic E-state index is 13.8. The summed E-state index contributed by atoms with van der Waals surface area (Å²) in [6.07, 6.45) is 0.303. The highest BCUT2D eigenvalue weighted by atomic mass is 16.7. The number of cyclic esters (lactones) is 1. The van der Waals surface area contributed by atoms with Crippen LogP contribution < -0.4 is 0 Å². The van der Waals surface area contributed by atoms with Crippen LogP contribution >= 0.6 is 0 Å². The molecule has 2 fully saturated rings. The highest BCUT2D eigenvalue weighted by Gasteiger charge is 2.51. The zero-order valence-electron chi connectivity index (χ0n) is 27.7. The van der Waals surface area contributed by atoms with Gasteiger partial charge in [0, 0.05) is 36.8 Å². The number of Topliss-reactive ketones (excluding diaryl/α,β-unsaturated/α-hetero) is 2. The third-order valence-electron chi connectivity index (χ3n) is 9.71. The molecule has 2 heterocycles. The molecule has 0 spiro atoms. The van der Waals surface area contributed by atoms with E-state index in [0.717, 1.165) is 0 Å². The second-order valence-electron chi connectivity index (χ2n) is 13.4. The molecule has 44 heavy (non-hydrogen) atoms. The van der Waals surface area contributed by atoms with Gasteiger partial charge in [-0.25, -0.2) is 0 Å². The molecule has 2 saturated heterocycles. The smallest absolute Gasteiger partial charge is 0.316 e. The Morgan fingerprint density at radius 3 is 2.25 bits per heavy atom. The van der Waals surface area contributed by atoms with Crippen LogP contribution in [0.4, 0.5) is 0 Å². The lowest BCUT2D eigenvalue weighted by Crippen LogP contribution is -2.59. The Labute approximate surface area is 262 Å². The van der Waals surface area contributed by atoms with E-state index in [-0.39, 0.29) is 25.0 Å². The van der Waals surface area contributed by atoms with Gasteiger partial charge in [0.1, 0.15) is 35.8 Å². The fourth-order valence-electron chi connectivity index (χ4n) is 6.79. The number of likely N-dealkylation sites (N-methyl/N-ethyl adjacent to an activating group) is 1. The van der Waals surface area contributed by atoms with Crippen molar-refractivity contribution >= 4 is 23.8 Å². The molecule has 0 amide bonds. The molecule has 2 rings (SSSR count). The Bertz CT molecular complexity index is 1070. The van der Waals surface area contributed by atoms with Crippen LogP contribution in [0.15, 0.2) is 0 Å². The second kappa shape index (κ2) is 15.4. The summed E-state index contributed by atoms with van der Waals surface area (Å²) in [5.41, 5.74) is -3.46. The molecule has 0 unspecified atom stereocenters. The minimum Gasteiger partial charge on any atom is -0.459 e. The predicted molar refractivity (Wildman–Crippen MR) is 162 cm³/mol. The minimum absolute atomic E-state index is 0.0727. The lowest BCUT2D eigenvalue weighted by Gasteiger charge is -2.46. The predicted octanol–water partition coefficient (Wildman–Crippen LogP) is 1.92. The van der Waals surface area contributed by atoms with Gasteiger partial charge in [-0.05, 0) is 47.1 Å². The van der Waals surface area contributed by atoms with Gasteiger partial charge in [0.15, 0.2) is 12.1 Å². The first-order valence-electron chi connectivity index (χ1n) is 15.6. The molecule has 13 atom stereocenters. The number of aldehydes is 1. The largest absolute Gasteiger partial charge is 0.459 e. The standard InChI is InChI=1S/C33H53NO10/c1-11-13-14-34(10)23-15-19(4)42-31(27(23)38)44-29-21(6)26(37)22(7)30(40)43-24(12-2)33(9,41)28(39)20(5)25(36)18(3)16-32(29,8)17-35/h1,17-24,27-29,31,38-39,41H,12-16H2,2-10H3/t18-,19-,20+,21+,22-,23+,24-,27-,28-,29-,31+,32+,33-/m1/s1. The van der Waals surface area contributed by atoms with E-state index < -0.39 is 82.9 Å². The summed E-state index contributed by atoms with van der Waals surface area (Å²) in [5, 5.41) is 33.7. The Balaban J connectivity index is 2.60. The van der Waals surface area contributed by atoms with Crippen LogP contribution in [0.1, 0.15) is 81.1 Å². The summed E-state index contributed by atoms with van der Waals surface area (Å²) in [6, 6.07) is -0.389. The van der Waals surface area contributed by atoms with Crippen LogP contribution in [-0.2, 0) is 33.4 Å². The molecule has 0 saturated carbocycles. The fraction of sp³-hybridized carbons (Fsp3) is 0.818. The highest BCUT2D eigenvalue weighted by Crippen LogP contribution is 2.40. The number of aliphatic hydroxyl groups excluding tert-OH is 2. The third-order valence-corrected chi connectivity index (χ3v) is 9.71. The van der Waals surface area contributed by atoms with E-state index in [2.05, 4.69) is 5.92 Å². The number of rotatable bonds is 7. The summed E-state index contributed by atoms with van der Waals surface area (Å²) in [7, 11) is 1.83. The molecule has 0 aromatic heterocycles. The van der Waals surface area contributed by atoms with E-state index in [9.17, 15) is 34.5 Å². The monoisotopic (exact) mass is 623 g/mol. The van der Waals surface area contributed by atoms with E-state index in [1.165, 1.54) is 27.7 Å². The van der Waals surface area contributed by atoms with Crippen LogP contribution in [0, 0.1) is 41.4 Å². The third kappa shape index (κ3) is 8.14. The van der Waals surface area contributed by atoms with Crippen LogP contribution in [0.25, 0.3) is 0 Å². The van der Waals surface area contributed by atoms with Crippen LogP contribution in [0.3, 0.4) is 0 Å². The summed E-state index contributed by atoms with van der Waals surface area (Å²) >= 11 is 0. The quantitative estimate of drug-likeness (QED) is 0.165. The number of nitrogens with zero attached hydrogens (tertiary/aromatic N) is 1. The first-order valence-corrected chi connectivity index (χ1v) is 15.6. The molecule has 3 N–H and O–H groups in total. The number of ketones is 2. The van der Waals surface area contributed by atoms with E-state index in [1.54, 1.807) is 20.8 Å². The molecule has 0 aromatic carbocycles. The van der Waals surface area contributed by atoms with Crippen molar-refractivity contribution in [1.82, 2.24) is 4.90 Å². The van der Waals surface area contributed by atoms with E-state index >= 15 is 0 Å². The van der Waals surface area contributed by atoms with Crippen LogP contribution in [0.2, 0.25) is 0 Å². The molecule has 2 aliphatic rings. The van der Waals surface area contributed by atoms with Gasteiger partial charge in [-0.2, -0.15) is 0 Å². The zero-order chi connectivity index (χ0) is 33.7. The molecule has 2 aliphatic heterocycles. The Kier molecular flexibility index (Phi) is 13.3. The molecular weight excluding hydrogens is 570 g/mol. The number of carbonyl (C=O) groups excluding carboxylic acids is 4. The van der Waals surface area contributed by atoms with Crippen molar-refractivity contribution in [3.63, 3.8) is 0 Å². The Hall–Kier alpha value is -2.20. The molecule has 0 aromatic rings. The van der Waals surface area contributed by atoms with Gasteiger partial charge in [0.2, 0.25) is 0 Å². The first kappa shape index (κ1) is 38.0. The second-order valence-corrected chi connectivity index (χ2v) is 13.4. The normalized spacial score (nSPS) is 43.2. The minimum atomic E-state index is -1.99. The molecule has 0 bridgehead atoms. The van der Waals surface area contributed by atoms with Crippen molar-refractivity contribution in [2.24, 2.45) is 29.1 Å². The summed E-state index contributed by atoms with van der Waals surface area (Å²) in [6.45, 7) is 12.9. The average molecular weight is 624 g/mol. The van der Waals surface area contributed by atoms with Crippen molar-refractivity contribution in [1.29, 1.82) is 0 Å². The van der Waals surface area contributed by atoms with E-state index in [0.29, 0.717) is 25.7 Å². The molecule has 11 nitrogen and oxygen atoms in total. The van der Waals surface area contributed by atoms with Gasteiger partial charge in [-0.1, -0.05) is 34.6 Å². The summed E-state index contributed by atoms with van der Waals surface area (Å²) in [4.78, 5) is 55.4. The first-order chi connectivity index (χ1) is 20.4. The van der Waals surface area contributed by atoms with Crippen LogP contribution in [0.5, 0.6) is 0 Å². The van der Waals surface area contributed by atoms with E-state index in [1.807, 2.05) is 18.9 Å². The zero-order valence-corrected chi connectivity index (χ0v) is 27.7. The number of terminal acetylenes is 1. The van der Waals surface area contributed by atoms with Gasteiger partial charge >= 0.3 is 5.97 Å². The van der Waals surface area contributed by atoms with Gasteiger partial charge < -0.3 is 34.3 Å². The van der Waals surface area contributed by atoms with Gasteiger partial charge in [-0.3, -0.25) is 19.3 Å². The van der Waals surface area contributed by atoms with Crippen molar-refractivity contribution in [3.8, 4) is 12.3 Å². The van der Waals surface area contributed by atoms with Crippen molar-refractivity contribution in [3.05, 3.63) is 0 Å². The van der Waals surface area contributed by atoms with Gasteiger partial charge in [0.25, 0.3) is 0 Å². The number of carbonyl (C=O) groups is 4. The van der Waals surface area contributed by atoms with Crippen molar-refractivity contribution in [2.45, 2.75) is 130 Å². The van der Waals surface area contributed by atoms with Crippen molar-refractivity contribution in [2.75, 3.05) is 13.6 Å². The maximum Gasteiger partial charge on any atom is 0.316 e. The number of esters is 1. The fourth-order valence-corrected chi connectivity index (χ4v) is 6.79. The number of aliphatic hydroxyl groups is 3. The van der Waals surface area contributed by atoms with Crippen molar-refractivity contribution < 1.29 is 48.7 Å². The summed E-state index contributed by atoms with van der Waals surface area (Å²) < 4.78 is 18.0. The lowest BCUT2D eigenvalue weighted by molar-refractivity contribution is -0.284. The lowest BCUT2D eigenvalue weighted by atomic mass is 9.69. The van der Waals surface area contributed by atoms with Gasteiger partial charge in [-0.15, -0.1) is 12.3 Å². The van der Waals surface area contributed by atoms with E-state index in [4.69, 9.17) is 20.6 Å². The SMILES string of the molecule is C#CCCN(C)[C@H]1C[C@@H](C)O[C@@H](O[C@@H]2[C@@H](C)C(=O)[C@@H](C)C(=O)O[C@H](CC)[C@@](C)(O)[C@H](O)[C@@H](C)C(=O)[C@H](C)C[C@@]2(C)C=O)[C@@H]1O. The Morgan fingerprint density at radius 1 is 1.09 bits per heavy atom. The Morgan fingerprint density at radius 2 is 1.70 bits per heavy atom. The molecule has 0 aliphatic carbocycles. The number of hydrogen-bond donors (Lipinski definition) is 3. The summed E-state index contributed by atoms with van der Waals surface area (Å²) in [5.74, 6) is -3.62. The van der Waals surface area contributed by atoms with Gasteiger partial charge in [0.05, 0.1) is 23.7 Å². The van der Waals surface area contributed by atoms with Crippen LogP contribution in [-0.4, -0.2) is 106 Å².